The molecule has 0 saturated heterocycles. The molecule has 0 unspecified atom stereocenters. The molecule has 0 atom stereocenters. The van der Waals surface area contributed by atoms with Crippen molar-refractivity contribution in [3.05, 3.63) is 69.7 Å². The normalized spacial score (nSPS) is 10.5. The molecule has 3 rings (SSSR count). The Kier molecular flexibility index (Phi) is 4.96. The van der Waals surface area contributed by atoms with Gasteiger partial charge in [0.25, 0.3) is 0 Å². The predicted octanol–water partition coefficient (Wildman–Crippen LogP) is 5.30. The number of amides is 1. The number of carbonyl (C=O) groups excluding carboxylic acids is 1. The second-order valence-electron chi connectivity index (χ2n) is 4.83. The molecule has 0 aliphatic rings. The van der Waals surface area contributed by atoms with Gasteiger partial charge in [-0.05, 0) is 12.1 Å². The van der Waals surface area contributed by atoms with Crippen molar-refractivity contribution < 1.29 is 4.79 Å². The van der Waals surface area contributed by atoms with Crippen LogP contribution >= 0.6 is 34.5 Å². The van der Waals surface area contributed by atoms with E-state index in [9.17, 15) is 4.79 Å². The maximum Gasteiger partial charge on any atom is 0.230 e. The van der Waals surface area contributed by atoms with E-state index >= 15 is 0 Å². The van der Waals surface area contributed by atoms with Crippen molar-refractivity contribution >= 4 is 46.1 Å². The summed E-state index contributed by atoms with van der Waals surface area (Å²) in [7, 11) is 0. The number of benzene rings is 2. The van der Waals surface area contributed by atoms with Crippen molar-refractivity contribution in [3.63, 3.8) is 0 Å². The van der Waals surface area contributed by atoms with Gasteiger partial charge in [-0.15, -0.1) is 11.3 Å². The van der Waals surface area contributed by atoms with Crippen LogP contribution in [0.1, 0.15) is 5.69 Å². The first-order chi connectivity index (χ1) is 11.1. The molecule has 3 aromatic rings. The molecule has 1 aromatic heterocycles. The summed E-state index contributed by atoms with van der Waals surface area (Å²) in [5, 5.41) is 6.34. The second-order valence-corrected chi connectivity index (χ2v) is 6.50. The van der Waals surface area contributed by atoms with E-state index in [0.717, 1.165) is 16.3 Å². The van der Waals surface area contributed by atoms with Crippen molar-refractivity contribution in [2.24, 2.45) is 0 Å². The fourth-order valence-corrected chi connectivity index (χ4v) is 3.38. The molecular formula is C17H12Cl2N2OS. The molecule has 2 aromatic carbocycles. The van der Waals surface area contributed by atoms with Crippen LogP contribution in [-0.2, 0) is 11.2 Å². The lowest BCUT2D eigenvalue weighted by Crippen LogP contribution is -2.15. The van der Waals surface area contributed by atoms with Crippen molar-refractivity contribution in [3.8, 4) is 10.6 Å². The fraction of sp³-hybridized carbons (Fsp3) is 0.0588. The number of nitrogens with zero attached hydrogens (tertiary/aromatic N) is 1. The van der Waals surface area contributed by atoms with Crippen LogP contribution in [0.15, 0.2) is 53.9 Å². The molecule has 23 heavy (non-hydrogen) atoms. The minimum atomic E-state index is -0.204. The molecule has 1 amide bonds. The molecule has 0 saturated carbocycles. The molecule has 0 fully saturated rings. The van der Waals surface area contributed by atoms with Gasteiger partial charge in [-0.25, -0.2) is 4.98 Å². The number of anilines is 1. The Morgan fingerprint density at radius 2 is 1.74 bits per heavy atom. The summed E-state index contributed by atoms with van der Waals surface area (Å²) < 4.78 is 0. The van der Waals surface area contributed by atoms with Crippen LogP contribution in [0.4, 0.5) is 5.69 Å². The van der Waals surface area contributed by atoms with Crippen LogP contribution in [0.25, 0.3) is 10.6 Å². The summed E-state index contributed by atoms with van der Waals surface area (Å²) in [5.41, 5.74) is 2.19. The topological polar surface area (TPSA) is 42.0 Å². The zero-order valence-corrected chi connectivity index (χ0v) is 14.3. The number of halogens is 2. The van der Waals surface area contributed by atoms with Crippen LogP contribution in [-0.4, -0.2) is 10.9 Å². The molecule has 6 heteroatoms. The third-order valence-electron chi connectivity index (χ3n) is 3.14. The molecule has 0 spiro atoms. The van der Waals surface area contributed by atoms with Gasteiger partial charge in [0.1, 0.15) is 5.01 Å². The number of hydrogen-bond donors (Lipinski definition) is 1. The van der Waals surface area contributed by atoms with Gasteiger partial charge in [0.15, 0.2) is 0 Å². The SMILES string of the molecule is O=C(Cc1csc(-c2ccccc2)n1)Nc1c(Cl)cccc1Cl. The number of aromatic nitrogens is 1. The highest BCUT2D eigenvalue weighted by atomic mass is 35.5. The van der Waals surface area contributed by atoms with Gasteiger partial charge < -0.3 is 5.32 Å². The largest absolute Gasteiger partial charge is 0.323 e. The van der Waals surface area contributed by atoms with E-state index in [2.05, 4.69) is 10.3 Å². The van der Waals surface area contributed by atoms with E-state index in [1.807, 2.05) is 35.7 Å². The maximum atomic E-state index is 12.2. The standard InChI is InChI=1S/C17H12Cl2N2OS/c18-13-7-4-8-14(19)16(13)21-15(22)9-12-10-23-17(20-12)11-5-2-1-3-6-11/h1-8,10H,9H2,(H,21,22). The molecular weight excluding hydrogens is 351 g/mol. The first-order valence-electron chi connectivity index (χ1n) is 6.87. The average molecular weight is 363 g/mol. The van der Waals surface area contributed by atoms with Crippen LogP contribution in [0.2, 0.25) is 10.0 Å². The molecule has 0 bridgehead atoms. The fourth-order valence-electron chi connectivity index (χ4n) is 2.07. The van der Waals surface area contributed by atoms with Gasteiger partial charge in [-0.3, -0.25) is 4.79 Å². The monoisotopic (exact) mass is 362 g/mol. The molecule has 0 radical (unpaired) electrons. The first kappa shape index (κ1) is 16.0. The highest BCUT2D eigenvalue weighted by Gasteiger charge is 2.12. The molecule has 0 aliphatic heterocycles. The van der Waals surface area contributed by atoms with Gasteiger partial charge in [-0.1, -0.05) is 59.6 Å². The van der Waals surface area contributed by atoms with Crippen molar-refractivity contribution in [2.45, 2.75) is 6.42 Å². The van der Waals surface area contributed by atoms with E-state index in [1.54, 1.807) is 18.2 Å². The number of carbonyl (C=O) groups is 1. The zero-order chi connectivity index (χ0) is 16.2. The van der Waals surface area contributed by atoms with Crippen LogP contribution < -0.4 is 5.32 Å². The van der Waals surface area contributed by atoms with Gasteiger partial charge in [0.2, 0.25) is 5.91 Å². The summed E-state index contributed by atoms with van der Waals surface area (Å²) in [6, 6.07) is 15.0. The van der Waals surface area contributed by atoms with E-state index in [1.165, 1.54) is 11.3 Å². The summed E-state index contributed by atoms with van der Waals surface area (Å²) in [5.74, 6) is -0.204. The van der Waals surface area contributed by atoms with Gasteiger partial charge in [0, 0.05) is 10.9 Å². The van der Waals surface area contributed by atoms with Crippen molar-refractivity contribution in [1.29, 1.82) is 0 Å². The Bertz CT molecular complexity index is 813. The highest BCUT2D eigenvalue weighted by molar-refractivity contribution is 7.13. The second kappa shape index (κ2) is 7.13. The quantitative estimate of drug-likeness (QED) is 0.684. The number of rotatable bonds is 4. The van der Waals surface area contributed by atoms with E-state index in [-0.39, 0.29) is 12.3 Å². The maximum absolute atomic E-state index is 12.2. The van der Waals surface area contributed by atoms with Crippen LogP contribution in [0.5, 0.6) is 0 Å². The number of nitrogens with one attached hydrogen (secondary N) is 1. The average Bonchev–Trinajstić information content (AvgIpc) is 3.00. The van der Waals surface area contributed by atoms with Crippen molar-refractivity contribution in [1.82, 2.24) is 4.98 Å². The van der Waals surface area contributed by atoms with Gasteiger partial charge >= 0.3 is 0 Å². The Balaban J connectivity index is 1.70. The predicted molar refractivity (Wildman–Crippen MR) is 96.3 cm³/mol. The van der Waals surface area contributed by atoms with Crippen molar-refractivity contribution in [2.75, 3.05) is 5.32 Å². The number of thiazole rings is 1. The molecule has 0 aliphatic carbocycles. The van der Waals surface area contributed by atoms with E-state index in [0.29, 0.717) is 15.7 Å². The first-order valence-corrected chi connectivity index (χ1v) is 8.51. The van der Waals surface area contributed by atoms with Crippen LogP contribution in [0.3, 0.4) is 0 Å². The summed E-state index contributed by atoms with van der Waals surface area (Å²) in [6.45, 7) is 0. The summed E-state index contributed by atoms with van der Waals surface area (Å²) in [4.78, 5) is 16.7. The Morgan fingerprint density at radius 1 is 1.04 bits per heavy atom. The minimum Gasteiger partial charge on any atom is -0.323 e. The Morgan fingerprint density at radius 3 is 2.43 bits per heavy atom. The molecule has 116 valence electrons. The zero-order valence-electron chi connectivity index (χ0n) is 11.9. The smallest absolute Gasteiger partial charge is 0.230 e. The number of hydrogen-bond acceptors (Lipinski definition) is 3. The minimum absolute atomic E-state index is 0.172. The van der Waals surface area contributed by atoms with E-state index < -0.39 is 0 Å². The lowest BCUT2D eigenvalue weighted by atomic mass is 10.2. The summed E-state index contributed by atoms with van der Waals surface area (Å²) in [6.07, 6.45) is 0.172. The Labute approximate surface area is 147 Å². The molecule has 1 heterocycles. The third-order valence-corrected chi connectivity index (χ3v) is 4.71. The lowest BCUT2D eigenvalue weighted by Gasteiger charge is -2.08. The van der Waals surface area contributed by atoms with E-state index in [4.69, 9.17) is 23.2 Å². The molecule has 1 N–H and O–H groups in total. The van der Waals surface area contributed by atoms with Gasteiger partial charge in [-0.2, -0.15) is 0 Å². The number of para-hydroxylation sites is 1. The summed E-state index contributed by atoms with van der Waals surface area (Å²) >= 11 is 13.6. The lowest BCUT2D eigenvalue weighted by molar-refractivity contribution is -0.115. The van der Waals surface area contributed by atoms with Gasteiger partial charge in [0.05, 0.1) is 27.8 Å². The highest BCUT2D eigenvalue weighted by Crippen LogP contribution is 2.30. The third kappa shape index (κ3) is 3.91. The van der Waals surface area contributed by atoms with Crippen LogP contribution in [0, 0.1) is 0 Å². The molecule has 3 nitrogen and oxygen atoms in total. The Hall–Kier alpha value is -1.88.